The molecule has 0 amide bonds. The van der Waals surface area contributed by atoms with Crippen LogP contribution in [0.3, 0.4) is 0 Å². The first-order valence-electron chi connectivity index (χ1n) is 41.2. The van der Waals surface area contributed by atoms with Crippen molar-refractivity contribution in [2.45, 2.75) is 32.7 Å². The molecule has 560 valence electrons. The molecule has 18 aromatic rings. The lowest BCUT2D eigenvalue weighted by Gasteiger charge is -2.53. The highest BCUT2D eigenvalue weighted by Crippen LogP contribution is 2.64. The third-order valence-corrected chi connectivity index (χ3v) is 30.6. The fourth-order valence-electron chi connectivity index (χ4n) is 19.7. The van der Waals surface area contributed by atoms with E-state index < -0.39 is 13.1 Å². The van der Waals surface area contributed by atoms with Crippen LogP contribution in [0, 0.1) is 0 Å². The second-order valence-electron chi connectivity index (χ2n) is 31.3. The van der Waals surface area contributed by atoms with Crippen LogP contribution in [0.25, 0.3) is 167 Å². The first-order chi connectivity index (χ1) is 58.3. The summed E-state index contributed by atoms with van der Waals surface area (Å²) in [7, 11) is -5.12. The molecule has 0 radical (unpaired) electrons. The van der Waals surface area contributed by atoms with Crippen molar-refractivity contribution in [1.29, 1.82) is 0 Å². The Bertz CT molecular complexity index is 5760. The van der Waals surface area contributed by atoms with Gasteiger partial charge in [0.2, 0.25) is 0 Å². The van der Waals surface area contributed by atoms with Gasteiger partial charge in [-0.05, 0) is 209 Å². The Morgan fingerprint density at radius 3 is 0.373 bits per heavy atom. The van der Waals surface area contributed by atoms with Crippen molar-refractivity contribution < 1.29 is 0 Å². The lowest BCUT2D eigenvalue weighted by atomic mass is 9.78. The highest BCUT2D eigenvalue weighted by atomic mass is 28.3. The van der Waals surface area contributed by atoms with E-state index in [1.54, 1.807) is 0 Å². The molecule has 1 heteroatoms. The second kappa shape index (κ2) is 32.1. The third-order valence-electron chi connectivity index (χ3n) is 24.8. The normalized spacial score (nSPS) is 13.3. The van der Waals surface area contributed by atoms with Gasteiger partial charge in [-0.25, -0.2) is 0 Å². The van der Waals surface area contributed by atoms with Crippen LogP contribution >= 0.6 is 0 Å². The van der Waals surface area contributed by atoms with E-state index in [-0.39, 0.29) is 0 Å². The molecule has 0 spiro atoms. The van der Waals surface area contributed by atoms with Gasteiger partial charge < -0.3 is 0 Å². The summed E-state index contributed by atoms with van der Waals surface area (Å²) in [5.41, 5.74) is 37.8. The molecular weight excluding hydrogens is 1430 g/mol. The predicted octanol–water partition coefficient (Wildman–Crippen LogP) is 30.2. The molecule has 0 fully saturated rings. The van der Waals surface area contributed by atoms with Crippen molar-refractivity contribution >= 4 is 23.6 Å². The fraction of sp³-hybridized carbons (Fsp3) is 0.0427. The van der Waals surface area contributed by atoms with Gasteiger partial charge in [-0.3, -0.25) is 0 Å². The van der Waals surface area contributed by atoms with Gasteiger partial charge in [0.15, 0.2) is 8.07 Å². The van der Waals surface area contributed by atoms with Crippen LogP contribution in [0.4, 0.5) is 0 Å². The van der Waals surface area contributed by atoms with Gasteiger partial charge >= 0.3 is 0 Å². The summed E-state index contributed by atoms with van der Waals surface area (Å²) in [5.74, 6) is 0. The van der Waals surface area contributed by atoms with Gasteiger partial charge in [-0.2, -0.15) is 0 Å². The van der Waals surface area contributed by atoms with E-state index in [4.69, 9.17) is 0 Å². The predicted molar refractivity (Wildman–Crippen MR) is 506 cm³/mol. The Morgan fingerprint density at radius 2 is 0.263 bits per heavy atom. The van der Waals surface area contributed by atoms with Gasteiger partial charge in [0.1, 0.15) is 0 Å². The van der Waals surface area contributed by atoms with Crippen molar-refractivity contribution in [2.24, 2.45) is 0 Å². The van der Waals surface area contributed by atoms with Crippen LogP contribution < -0.4 is 15.6 Å². The number of allylic oxidation sites excluding steroid dienone is 4. The molecule has 0 bridgehead atoms. The first-order valence-corrected chi connectivity index (χ1v) is 43.2. The summed E-state index contributed by atoms with van der Waals surface area (Å²) in [5, 5.41) is 2.82. The Hall–Kier alpha value is -14.3. The van der Waals surface area contributed by atoms with Gasteiger partial charge in [0.25, 0.3) is 0 Å². The average molecular weight is 1520 g/mol. The van der Waals surface area contributed by atoms with Crippen LogP contribution in [0.1, 0.15) is 27.7 Å². The molecule has 1 aliphatic carbocycles. The Balaban J connectivity index is 1.32. The molecule has 0 aliphatic heterocycles. The van der Waals surface area contributed by atoms with Crippen LogP contribution in [-0.4, -0.2) is 8.07 Å². The zero-order valence-corrected chi connectivity index (χ0v) is 67.9. The number of hydrogen-bond donors (Lipinski definition) is 0. The van der Waals surface area contributed by atoms with E-state index in [0.29, 0.717) is 0 Å². The van der Waals surface area contributed by atoms with Crippen molar-refractivity contribution in [2.75, 3.05) is 0 Å². The molecule has 0 nitrogen and oxygen atoms in total. The highest BCUT2D eigenvalue weighted by molar-refractivity contribution is 7.18. The molecule has 1 atom stereocenters. The van der Waals surface area contributed by atoms with Crippen molar-refractivity contribution in [3.63, 3.8) is 0 Å². The minimum absolute atomic E-state index is 1.02. The van der Waals surface area contributed by atoms with Gasteiger partial charge in [0, 0.05) is 5.04 Å². The highest BCUT2D eigenvalue weighted by Gasteiger charge is 2.63. The van der Waals surface area contributed by atoms with E-state index in [2.05, 4.69) is 489 Å². The topological polar surface area (TPSA) is 0 Å². The molecule has 1 aliphatic rings. The second-order valence-corrected chi connectivity index (χ2v) is 35.3. The third kappa shape index (κ3) is 12.8. The number of rotatable bonds is 19. The Labute approximate surface area is 696 Å². The smallest absolute Gasteiger partial charge is 0.0730 e. The Morgan fingerprint density at radius 1 is 0.153 bits per heavy atom. The van der Waals surface area contributed by atoms with Crippen molar-refractivity contribution in [3.05, 3.63) is 478 Å². The molecule has 18 aromatic carbocycles. The van der Waals surface area contributed by atoms with E-state index in [0.717, 1.165) is 134 Å². The maximum Gasteiger partial charge on any atom is 0.166 e. The van der Waals surface area contributed by atoms with Crippen LogP contribution in [0.15, 0.2) is 478 Å². The van der Waals surface area contributed by atoms with Crippen LogP contribution in [0.5, 0.6) is 0 Å². The summed E-state index contributed by atoms with van der Waals surface area (Å²) in [4.78, 5) is 0. The largest absolute Gasteiger partial charge is 0.166 e. The molecule has 19 rings (SSSR count). The fourth-order valence-corrected chi connectivity index (χ4v) is 27.0. The molecular formula is C117H88Si. The number of benzene rings is 18. The number of hydrogen-bond acceptors (Lipinski definition) is 0. The quantitative estimate of drug-likeness (QED) is 0.0559. The van der Waals surface area contributed by atoms with Gasteiger partial charge in [-0.1, -0.05) is 479 Å². The maximum absolute atomic E-state index is 5.12. The molecule has 0 heterocycles. The zero-order valence-electron chi connectivity index (χ0n) is 66.9. The van der Waals surface area contributed by atoms with Crippen LogP contribution in [0.2, 0.25) is 5.04 Å². The first kappa shape index (κ1) is 73.8. The summed E-state index contributed by atoms with van der Waals surface area (Å²) < 4.78 is 0. The van der Waals surface area contributed by atoms with Crippen molar-refractivity contribution in [3.8, 4) is 167 Å². The van der Waals surface area contributed by atoms with E-state index in [1.165, 1.54) is 65.7 Å². The van der Waals surface area contributed by atoms with Gasteiger partial charge in [-0.15, -0.1) is 0 Å². The summed E-state index contributed by atoms with van der Waals surface area (Å²) >= 11 is 0. The Kier molecular flexibility index (Phi) is 20.1. The molecule has 118 heavy (non-hydrogen) atoms. The zero-order chi connectivity index (χ0) is 79.5. The lowest BCUT2D eigenvalue weighted by Crippen LogP contribution is -2.75. The summed E-state index contributed by atoms with van der Waals surface area (Å²) in [6.45, 7) is 10.1. The van der Waals surface area contributed by atoms with E-state index in [1.807, 2.05) is 0 Å². The average Bonchev–Trinajstić information content (AvgIpc) is 1.31. The molecule has 0 aromatic heterocycles. The van der Waals surface area contributed by atoms with Crippen LogP contribution in [-0.2, 0) is 0 Å². The van der Waals surface area contributed by atoms with Crippen molar-refractivity contribution in [1.82, 2.24) is 0 Å². The van der Waals surface area contributed by atoms with E-state index in [9.17, 15) is 0 Å². The minimum atomic E-state index is -5.12. The monoisotopic (exact) mass is 1520 g/mol. The molecule has 0 saturated heterocycles. The van der Waals surface area contributed by atoms with E-state index >= 15 is 0 Å². The summed E-state index contributed by atoms with van der Waals surface area (Å²) in [6.07, 6.45) is 2.82. The molecule has 0 saturated carbocycles. The molecule has 1 unspecified atom stereocenters. The maximum atomic E-state index is 2.82. The lowest BCUT2D eigenvalue weighted by molar-refractivity contribution is 0.871. The molecule has 0 N–H and O–H groups in total. The SMILES string of the molecule is CC1=CC(C)([Si](c2c(-c3ccccc3)c(-c3ccccc3)c(-c3ccccc3)c(-c3ccccc3)c2-c2ccccc2)(c2c(-c3ccccc3)c(-c3ccccc3)c(-c3ccccc3)c(-c3ccccc3)c2-c2ccccc2)c2c(-c3ccccc3)c(-c3ccccc3)c(-c3ccccc3)c(-c3ccccc3)c2-c2ccccc2)C(C)=C1C. The van der Waals surface area contributed by atoms with Gasteiger partial charge in [0.05, 0.1) is 0 Å². The minimum Gasteiger partial charge on any atom is -0.0730 e. The summed E-state index contributed by atoms with van der Waals surface area (Å²) in [6, 6.07) is 174. The standard InChI is InChI=1S/C117H88Si/c1-81-80-117(4,83(3)82(81)2)118(114-108(93-68-38-14-39-69-93)102(87-56-26-8-27-57-87)99(84-50-20-5-21-51-84)103(88-58-28-9-29-59-88)109(114)94-70-40-15-41-71-94,115-110(95-72-42-16-43-73-95)104(89-60-30-10-31-61-89)100(85-52-22-6-23-53-85)105(90-62-32-11-33-63-90)111(115)96-74-44-17-45-75-96)116-112(97-76-46-18-47-77-97)106(91-64-34-12-35-65-91)101(86-54-24-7-25-55-86)107(92-66-36-13-37-67-92)113(116)98-78-48-19-49-79-98/h5-80H,1-4H3.